The zero-order chi connectivity index (χ0) is 19.0. The van der Waals surface area contributed by atoms with Gasteiger partial charge in [-0.15, -0.1) is 0 Å². The molecular formula is C17H20F2N4O2S. The molecule has 0 aliphatic carbocycles. The molecule has 2 heterocycles. The standard InChI is InChI=1S/C17H20F2N4O2S/c1-9(24)14-6-4-11-15(26(20)22-14)8-23(2)16(11)17(25)21-10-3-5-12(18)13(19)7-10/h3,5,7-9,14,24H,4,6H2,1-2H3,(H2,20,22)(H,21,25). The molecule has 1 amide bonds. The van der Waals surface area contributed by atoms with Crippen molar-refractivity contribution >= 4 is 22.5 Å². The molecule has 0 saturated carbocycles. The number of anilines is 1. The maximum Gasteiger partial charge on any atom is 0.272 e. The first kappa shape index (κ1) is 18.7. The molecule has 3 unspecified atom stereocenters. The molecule has 26 heavy (non-hydrogen) atoms. The molecule has 0 saturated heterocycles. The number of carbonyl (C=O) groups excluding carboxylic acids is 1. The third kappa shape index (κ3) is 3.55. The number of halogens is 2. The third-order valence-corrected chi connectivity index (χ3v) is 5.75. The second-order valence-electron chi connectivity index (χ2n) is 6.32. The van der Waals surface area contributed by atoms with E-state index in [1.807, 2.05) is 0 Å². The van der Waals surface area contributed by atoms with Crippen LogP contribution in [0.25, 0.3) is 0 Å². The van der Waals surface area contributed by atoms with Crippen LogP contribution in [0.5, 0.6) is 0 Å². The van der Waals surface area contributed by atoms with Gasteiger partial charge in [-0.1, -0.05) is 0 Å². The minimum atomic E-state index is -1.06. The number of aliphatic hydroxyl groups excluding tert-OH is 1. The fourth-order valence-electron chi connectivity index (χ4n) is 3.04. The van der Waals surface area contributed by atoms with Gasteiger partial charge in [-0.05, 0) is 48.3 Å². The van der Waals surface area contributed by atoms with Gasteiger partial charge in [-0.3, -0.25) is 9.57 Å². The highest BCUT2D eigenvalue weighted by molar-refractivity contribution is 7.84. The number of hydrogen-bond donors (Lipinski definition) is 4. The molecule has 3 atom stereocenters. The summed E-state index contributed by atoms with van der Waals surface area (Å²) in [5.74, 6) is -2.47. The van der Waals surface area contributed by atoms with E-state index in [1.165, 1.54) is 6.07 Å². The van der Waals surface area contributed by atoms with Crippen molar-refractivity contribution in [2.24, 2.45) is 7.05 Å². The summed E-state index contributed by atoms with van der Waals surface area (Å²) in [6.07, 6.45) is 2.24. The summed E-state index contributed by atoms with van der Waals surface area (Å²) in [7, 11) is 0.644. The number of hydrogen-bond acceptors (Lipinski definition) is 3. The molecule has 3 rings (SSSR count). The quantitative estimate of drug-likeness (QED) is 0.657. The van der Waals surface area contributed by atoms with Crippen LogP contribution < -0.4 is 10.0 Å². The van der Waals surface area contributed by atoms with Crippen LogP contribution >= 0.6 is 0 Å². The highest BCUT2D eigenvalue weighted by Crippen LogP contribution is 2.27. The average Bonchev–Trinajstić information content (AvgIpc) is 2.82. The van der Waals surface area contributed by atoms with E-state index >= 15 is 0 Å². The first-order valence-electron chi connectivity index (χ1n) is 8.12. The lowest BCUT2D eigenvalue weighted by Crippen LogP contribution is -2.38. The Hall–Kier alpha value is -2.10. The van der Waals surface area contributed by atoms with Gasteiger partial charge in [0.15, 0.2) is 11.6 Å². The zero-order valence-corrected chi connectivity index (χ0v) is 15.2. The Labute approximate surface area is 152 Å². The Morgan fingerprint density at radius 1 is 1.46 bits per heavy atom. The van der Waals surface area contributed by atoms with Gasteiger partial charge in [0.05, 0.1) is 11.0 Å². The normalized spacial score (nSPS) is 21.0. The molecule has 1 aromatic carbocycles. The van der Waals surface area contributed by atoms with Crippen molar-refractivity contribution in [2.75, 3.05) is 5.32 Å². The molecule has 1 aliphatic heterocycles. The lowest BCUT2D eigenvalue weighted by atomic mass is 10.0. The molecule has 9 heteroatoms. The number of amides is 1. The van der Waals surface area contributed by atoms with Crippen LogP contribution in [0.1, 0.15) is 29.4 Å². The van der Waals surface area contributed by atoms with Crippen LogP contribution in [0.15, 0.2) is 29.3 Å². The van der Waals surface area contributed by atoms with Gasteiger partial charge in [0, 0.05) is 31.0 Å². The maximum absolute atomic E-state index is 13.4. The van der Waals surface area contributed by atoms with Crippen LogP contribution in [0, 0.1) is 16.4 Å². The maximum atomic E-state index is 13.4. The molecule has 140 valence electrons. The summed E-state index contributed by atoms with van der Waals surface area (Å²) in [6.45, 7) is 1.67. The molecule has 0 radical (unpaired) electrons. The van der Waals surface area contributed by atoms with Crippen molar-refractivity contribution < 1.29 is 18.7 Å². The van der Waals surface area contributed by atoms with Gasteiger partial charge >= 0.3 is 0 Å². The van der Waals surface area contributed by atoms with Gasteiger partial charge in [-0.25, -0.2) is 13.5 Å². The van der Waals surface area contributed by atoms with Crippen LogP contribution in [-0.4, -0.2) is 27.7 Å². The van der Waals surface area contributed by atoms with Crippen molar-refractivity contribution in [3.63, 3.8) is 0 Å². The van der Waals surface area contributed by atoms with E-state index in [-0.39, 0.29) is 11.7 Å². The molecule has 0 spiro atoms. The molecule has 4 N–H and O–H groups in total. The van der Waals surface area contributed by atoms with Crippen LogP contribution in [0.2, 0.25) is 0 Å². The van der Waals surface area contributed by atoms with Crippen molar-refractivity contribution in [3.05, 3.63) is 47.3 Å². The number of aliphatic hydroxyl groups is 1. The third-order valence-electron chi connectivity index (χ3n) is 4.42. The molecule has 1 aromatic heterocycles. The van der Waals surface area contributed by atoms with E-state index in [1.54, 1.807) is 24.7 Å². The van der Waals surface area contributed by atoms with Gasteiger partial charge in [0.2, 0.25) is 0 Å². The van der Waals surface area contributed by atoms with Crippen LogP contribution in [-0.2, 0) is 24.3 Å². The number of rotatable bonds is 3. The first-order chi connectivity index (χ1) is 12.3. The molecule has 0 bridgehead atoms. The summed E-state index contributed by atoms with van der Waals surface area (Å²) in [6, 6.07) is 2.94. The summed E-state index contributed by atoms with van der Waals surface area (Å²) in [4.78, 5) is 13.4. The fourth-order valence-corrected chi connectivity index (χ4v) is 4.49. The Bertz CT molecular complexity index is 882. The van der Waals surface area contributed by atoms with Crippen molar-refractivity contribution in [1.82, 2.24) is 9.29 Å². The lowest BCUT2D eigenvalue weighted by molar-refractivity contribution is 0.101. The number of aryl methyl sites for hydroxylation is 1. The summed E-state index contributed by atoms with van der Waals surface area (Å²) < 4.78 is 39.4. The SMILES string of the molecule is CC(O)C1CCc2c(cn(C)c2C(=O)Nc2ccc(F)c(F)c2)S(=N)N1. The number of carbonyl (C=O) groups is 1. The Morgan fingerprint density at radius 3 is 2.85 bits per heavy atom. The lowest BCUT2D eigenvalue weighted by Gasteiger charge is -2.19. The monoisotopic (exact) mass is 382 g/mol. The number of nitrogens with zero attached hydrogens (tertiary/aromatic N) is 1. The van der Waals surface area contributed by atoms with E-state index in [2.05, 4.69) is 10.0 Å². The van der Waals surface area contributed by atoms with Crippen LogP contribution in [0.3, 0.4) is 0 Å². The van der Waals surface area contributed by atoms with E-state index in [0.29, 0.717) is 23.4 Å². The number of fused-ring (bicyclic) bond motifs is 1. The topological polar surface area (TPSA) is 90.1 Å². The van der Waals surface area contributed by atoms with E-state index in [0.717, 1.165) is 17.7 Å². The van der Waals surface area contributed by atoms with Gasteiger partial charge in [-0.2, -0.15) is 0 Å². The number of benzene rings is 1. The average molecular weight is 382 g/mol. The van der Waals surface area contributed by atoms with Gasteiger partial charge in [0.25, 0.3) is 5.91 Å². The molecule has 0 fully saturated rings. The Morgan fingerprint density at radius 2 is 2.19 bits per heavy atom. The van der Waals surface area contributed by atoms with Crippen molar-refractivity contribution in [2.45, 2.75) is 36.8 Å². The number of nitrogens with one attached hydrogen (secondary N) is 3. The number of aromatic nitrogens is 1. The second-order valence-corrected chi connectivity index (χ2v) is 7.61. The predicted octanol–water partition coefficient (Wildman–Crippen LogP) is 2.50. The molecule has 1 aliphatic rings. The van der Waals surface area contributed by atoms with Gasteiger partial charge < -0.3 is 15.0 Å². The highest BCUT2D eigenvalue weighted by atomic mass is 32.2. The first-order valence-corrected chi connectivity index (χ1v) is 9.34. The predicted molar refractivity (Wildman–Crippen MR) is 95.0 cm³/mol. The minimum Gasteiger partial charge on any atom is -0.392 e. The molecule has 2 aromatic rings. The largest absolute Gasteiger partial charge is 0.392 e. The highest BCUT2D eigenvalue weighted by Gasteiger charge is 2.28. The van der Waals surface area contributed by atoms with Gasteiger partial charge in [0.1, 0.15) is 5.69 Å². The summed E-state index contributed by atoms with van der Waals surface area (Å²) in [5.41, 5.74) is 1.27. The van der Waals surface area contributed by atoms with Crippen molar-refractivity contribution in [1.29, 1.82) is 4.78 Å². The fraction of sp³-hybridized carbons (Fsp3) is 0.353. The Kier molecular flexibility index (Phi) is 5.22. The van der Waals surface area contributed by atoms with Crippen molar-refractivity contribution in [3.8, 4) is 0 Å². The van der Waals surface area contributed by atoms with Crippen LogP contribution in [0.4, 0.5) is 14.5 Å². The minimum absolute atomic E-state index is 0.155. The molecular weight excluding hydrogens is 362 g/mol. The summed E-state index contributed by atoms with van der Waals surface area (Å²) >= 11 is 0. The van der Waals surface area contributed by atoms with E-state index in [9.17, 15) is 18.7 Å². The zero-order valence-electron chi connectivity index (χ0n) is 14.3. The summed E-state index contributed by atoms with van der Waals surface area (Å²) in [5, 5.41) is 12.4. The molecule has 6 nitrogen and oxygen atoms in total. The second kappa shape index (κ2) is 7.26. The van der Waals surface area contributed by atoms with E-state index in [4.69, 9.17) is 4.78 Å². The smallest absolute Gasteiger partial charge is 0.272 e. The van der Waals surface area contributed by atoms with E-state index < -0.39 is 34.5 Å². The Balaban J connectivity index is 1.91.